The molecule has 0 spiro atoms. The summed E-state index contributed by atoms with van der Waals surface area (Å²) < 4.78 is 7.23. The number of aromatic nitrogens is 1. The number of nitrogen functional groups attached to an aromatic ring is 1. The van der Waals surface area contributed by atoms with Crippen molar-refractivity contribution in [3.63, 3.8) is 0 Å². The maximum absolute atomic E-state index is 13.3. The van der Waals surface area contributed by atoms with Crippen LogP contribution in [0.25, 0.3) is 26.0 Å². The van der Waals surface area contributed by atoms with Crippen LogP contribution in [0.5, 0.6) is 5.75 Å². The largest absolute Gasteiger partial charge is 0.493 e. The molecule has 5 aromatic rings. The Kier molecular flexibility index (Phi) is 8.21. The lowest BCUT2D eigenvalue weighted by atomic mass is 9.98. The van der Waals surface area contributed by atoms with E-state index in [2.05, 4.69) is 25.1 Å². The maximum atomic E-state index is 13.3. The van der Waals surface area contributed by atoms with E-state index < -0.39 is 11.5 Å². The molecule has 0 saturated carbocycles. The van der Waals surface area contributed by atoms with Crippen LogP contribution in [-0.2, 0) is 6.42 Å². The highest BCUT2D eigenvalue weighted by Gasteiger charge is 2.24. The van der Waals surface area contributed by atoms with E-state index in [9.17, 15) is 14.7 Å². The number of anilines is 1. The fourth-order valence-electron chi connectivity index (χ4n) is 5.23. The van der Waals surface area contributed by atoms with E-state index >= 15 is 0 Å². The summed E-state index contributed by atoms with van der Waals surface area (Å²) in [6, 6.07) is 21.3. The highest BCUT2D eigenvalue weighted by Crippen LogP contribution is 2.38. The molecule has 0 aliphatic heterocycles. The Morgan fingerprint density at radius 3 is 2.52 bits per heavy atom. The molecule has 3 N–H and O–H groups in total. The van der Waals surface area contributed by atoms with Crippen molar-refractivity contribution in [2.75, 3.05) is 12.3 Å². The van der Waals surface area contributed by atoms with Crippen LogP contribution in [0.4, 0.5) is 5.69 Å². The van der Waals surface area contributed by atoms with Gasteiger partial charge in [0.15, 0.2) is 5.69 Å². The van der Waals surface area contributed by atoms with Crippen LogP contribution >= 0.6 is 11.3 Å². The Morgan fingerprint density at radius 1 is 0.975 bits per heavy atom. The number of rotatable bonds is 11. The number of carboxylic acids is 1. The Hall–Kier alpha value is -4.10. The van der Waals surface area contributed by atoms with Gasteiger partial charge in [-0.2, -0.15) is 0 Å². The molecule has 206 valence electrons. The molecule has 40 heavy (non-hydrogen) atoms. The number of fused-ring (bicyclic) bond motifs is 2. The van der Waals surface area contributed by atoms with Crippen LogP contribution in [0.3, 0.4) is 0 Å². The first-order valence-corrected chi connectivity index (χ1v) is 14.6. The number of unbranched alkanes of at least 4 members (excludes halogenated alkanes) is 4. The third-order valence-corrected chi connectivity index (χ3v) is 8.57. The first-order chi connectivity index (χ1) is 19.4. The number of hydrogen-bond donors (Lipinski definition) is 2. The van der Waals surface area contributed by atoms with Gasteiger partial charge in [0.1, 0.15) is 10.6 Å². The number of carboxylic acid groups (broad SMARTS) is 1. The molecule has 2 aromatic heterocycles. The normalized spacial score (nSPS) is 11.3. The van der Waals surface area contributed by atoms with E-state index in [0.717, 1.165) is 40.5 Å². The lowest BCUT2D eigenvalue weighted by molar-refractivity contribution is 0.0690. The molecule has 0 atom stereocenters. The lowest BCUT2D eigenvalue weighted by Gasteiger charge is -2.11. The van der Waals surface area contributed by atoms with E-state index in [-0.39, 0.29) is 5.69 Å². The van der Waals surface area contributed by atoms with E-state index in [0.29, 0.717) is 39.5 Å². The van der Waals surface area contributed by atoms with Crippen molar-refractivity contribution in [2.24, 2.45) is 0 Å². The molecule has 3 aromatic carbocycles. The van der Waals surface area contributed by atoms with Gasteiger partial charge in [0.2, 0.25) is 0 Å². The number of carbonyl (C=O) groups is 1. The lowest BCUT2D eigenvalue weighted by Crippen LogP contribution is -2.19. The van der Waals surface area contributed by atoms with Crippen LogP contribution in [0.2, 0.25) is 0 Å². The quantitative estimate of drug-likeness (QED) is 0.163. The van der Waals surface area contributed by atoms with E-state index in [1.165, 1.54) is 41.1 Å². The van der Waals surface area contributed by atoms with Gasteiger partial charge in [-0.25, -0.2) is 4.79 Å². The summed E-state index contributed by atoms with van der Waals surface area (Å²) in [4.78, 5) is 26.7. The molecule has 6 nitrogen and oxygen atoms in total. The Morgan fingerprint density at radius 2 is 1.75 bits per heavy atom. The average Bonchev–Trinajstić information content (AvgIpc) is 3.36. The number of benzene rings is 3. The van der Waals surface area contributed by atoms with Crippen LogP contribution in [0, 0.1) is 6.92 Å². The molecule has 2 heterocycles. The highest BCUT2D eigenvalue weighted by molar-refractivity contribution is 7.21. The number of aryl methyl sites for hydroxylation is 1. The smallest absolute Gasteiger partial charge is 0.354 e. The van der Waals surface area contributed by atoms with Gasteiger partial charge in [0.25, 0.3) is 5.56 Å². The second kappa shape index (κ2) is 12.0. The fourth-order valence-corrected chi connectivity index (χ4v) is 6.46. The van der Waals surface area contributed by atoms with E-state index in [4.69, 9.17) is 10.5 Å². The topological polar surface area (TPSA) is 94.0 Å². The minimum Gasteiger partial charge on any atom is -0.493 e. The van der Waals surface area contributed by atoms with Crippen LogP contribution in [0.1, 0.15) is 66.2 Å². The van der Waals surface area contributed by atoms with E-state index in [1.807, 2.05) is 49.4 Å². The summed E-state index contributed by atoms with van der Waals surface area (Å²) in [6.45, 7) is 4.80. The first kappa shape index (κ1) is 27.5. The first-order valence-electron chi connectivity index (χ1n) is 13.8. The summed E-state index contributed by atoms with van der Waals surface area (Å²) in [7, 11) is 0. The van der Waals surface area contributed by atoms with Gasteiger partial charge in [-0.1, -0.05) is 75.1 Å². The van der Waals surface area contributed by atoms with Crippen molar-refractivity contribution < 1.29 is 14.6 Å². The van der Waals surface area contributed by atoms with Crippen LogP contribution < -0.4 is 16.0 Å². The van der Waals surface area contributed by atoms with Gasteiger partial charge in [-0.3, -0.25) is 9.20 Å². The van der Waals surface area contributed by atoms with Crippen molar-refractivity contribution in [3.05, 3.63) is 99.5 Å². The number of pyridine rings is 1. The number of hydrogen-bond acceptors (Lipinski definition) is 5. The van der Waals surface area contributed by atoms with Crippen molar-refractivity contribution in [2.45, 2.75) is 52.4 Å². The minimum absolute atomic E-state index is 0.0718. The number of aromatic carboxylic acids is 1. The number of nitrogens with two attached hydrogens (primary N) is 1. The molecule has 0 aliphatic carbocycles. The molecule has 0 fully saturated rings. The van der Waals surface area contributed by atoms with Gasteiger partial charge in [-0.15, -0.1) is 11.3 Å². The van der Waals surface area contributed by atoms with Crippen LogP contribution in [-0.4, -0.2) is 22.1 Å². The average molecular weight is 555 g/mol. The molecular weight excluding hydrogens is 520 g/mol. The van der Waals surface area contributed by atoms with Gasteiger partial charge in [0.05, 0.1) is 17.2 Å². The third kappa shape index (κ3) is 5.47. The second-order valence-electron chi connectivity index (χ2n) is 10.2. The van der Waals surface area contributed by atoms with Crippen molar-refractivity contribution in [1.82, 2.24) is 4.40 Å². The number of nitrogens with zero attached hydrogens (tertiary/aromatic N) is 1. The number of thiazole rings is 1. The summed E-state index contributed by atoms with van der Waals surface area (Å²) >= 11 is 1.23. The monoisotopic (exact) mass is 554 g/mol. The highest BCUT2D eigenvalue weighted by atomic mass is 32.1. The molecule has 0 saturated heterocycles. The molecule has 5 rings (SSSR count). The molecular formula is C33H34N2O4S. The van der Waals surface area contributed by atoms with Gasteiger partial charge >= 0.3 is 5.97 Å². The predicted molar refractivity (Wildman–Crippen MR) is 164 cm³/mol. The third-order valence-electron chi connectivity index (χ3n) is 7.34. The molecule has 0 radical (unpaired) electrons. The van der Waals surface area contributed by atoms with Gasteiger partial charge in [0, 0.05) is 12.5 Å². The van der Waals surface area contributed by atoms with Gasteiger partial charge < -0.3 is 15.6 Å². The molecule has 0 aliphatic rings. The second-order valence-corrected chi connectivity index (χ2v) is 11.2. The summed E-state index contributed by atoms with van der Waals surface area (Å²) in [5.74, 6) is -0.388. The van der Waals surface area contributed by atoms with Crippen molar-refractivity contribution >= 4 is 38.6 Å². The fraction of sp³-hybridized carbons (Fsp3) is 0.273. The minimum atomic E-state index is -1.17. The maximum Gasteiger partial charge on any atom is 0.354 e. The predicted octanol–water partition coefficient (Wildman–Crippen LogP) is 7.71. The van der Waals surface area contributed by atoms with Crippen molar-refractivity contribution in [3.8, 4) is 16.2 Å². The zero-order chi connectivity index (χ0) is 28.2. The number of ether oxygens (including phenoxy) is 1. The molecule has 0 unspecified atom stereocenters. The van der Waals surface area contributed by atoms with E-state index in [1.54, 1.807) is 0 Å². The van der Waals surface area contributed by atoms with Crippen LogP contribution in [0.15, 0.2) is 71.5 Å². The SMILES string of the molecule is CCCCCCCOc1ccc(-c2sc3c(N)c(Cc4cccc5ccccc45)cc(=O)n3c2C(=O)O)cc1C. The van der Waals surface area contributed by atoms with Crippen molar-refractivity contribution in [1.29, 1.82) is 0 Å². The Balaban J connectivity index is 1.50. The standard InChI is InChI=1S/C33H34N2O4S/c1-3-4-5-6-9-17-39-27-16-15-24(18-21(27)2)31-30(33(37)38)35-28(36)20-25(29(34)32(35)40-31)19-23-13-10-12-22-11-7-8-14-26(22)23/h7-8,10-16,18,20H,3-6,9,17,19,34H2,1-2H3,(H,37,38). The Labute approximate surface area is 237 Å². The summed E-state index contributed by atoms with van der Waals surface area (Å²) in [5.41, 5.74) is 9.95. The zero-order valence-corrected chi connectivity index (χ0v) is 23.7. The summed E-state index contributed by atoms with van der Waals surface area (Å²) in [5, 5.41) is 12.4. The zero-order valence-electron chi connectivity index (χ0n) is 22.9. The van der Waals surface area contributed by atoms with Gasteiger partial charge in [-0.05, 0) is 64.6 Å². The summed E-state index contributed by atoms with van der Waals surface area (Å²) in [6.07, 6.45) is 6.29. The molecule has 0 bridgehead atoms. The molecule has 7 heteroatoms. The Bertz CT molecular complexity index is 1750. The molecule has 0 amide bonds.